The van der Waals surface area contributed by atoms with Gasteiger partial charge in [-0.3, -0.25) is 0 Å². The first-order valence-corrected chi connectivity index (χ1v) is 5.01. The fourth-order valence-corrected chi connectivity index (χ4v) is 1.16. The summed E-state index contributed by atoms with van der Waals surface area (Å²) in [6, 6.07) is 4.73. The second kappa shape index (κ2) is 4.50. The van der Waals surface area contributed by atoms with E-state index in [0.717, 1.165) is 0 Å². The molecule has 0 aliphatic heterocycles. The van der Waals surface area contributed by atoms with E-state index in [-0.39, 0.29) is 16.4 Å². The lowest BCUT2D eigenvalue weighted by molar-refractivity contribution is 0.00630. The molecule has 0 aliphatic rings. The molecule has 0 aromatic carbocycles. The lowest BCUT2D eigenvalue weighted by Gasteiger charge is -2.19. The Labute approximate surface area is 98.8 Å². The van der Waals surface area contributed by atoms with Gasteiger partial charge in [0.2, 0.25) is 0 Å². The van der Waals surface area contributed by atoms with E-state index in [1.54, 1.807) is 20.8 Å². The summed E-state index contributed by atoms with van der Waals surface area (Å²) < 4.78 is 5.11. The largest absolute Gasteiger partial charge is 0.455 e. The molecule has 0 bridgehead atoms. The fraction of sp³-hybridized carbons (Fsp3) is 0.364. The van der Waals surface area contributed by atoms with Gasteiger partial charge in [0.15, 0.2) is 5.69 Å². The van der Waals surface area contributed by atoms with Gasteiger partial charge in [0.05, 0.1) is 5.02 Å². The maximum atomic E-state index is 11.7. The topological polar surface area (TPSA) is 63.0 Å². The van der Waals surface area contributed by atoms with Crippen molar-refractivity contribution in [2.45, 2.75) is 26.4 Å². The summed E-state index contributed by atoms with van der Waals surface area (Å²) in [6.45, 7) is 5.23. The first-order chi connectivity index (χ1) is 7.33. The summed E-state index contributed by atoms with van der Waals surface area (Å²) in [6.07, 6.45) is 0. The number of carbonyl (C=O) groups is 1. The molecule has 0 aliphatic carbocycles. The van der Waals surface area contributed by atoms with Crippen molar-refractivity contribution in [3.05, 3.63) is 28.5 Å². The van der Waals surface area contributed by atoms with Gasteiger partial charge in [0.25, 0.3) is 0 Å². The highest BCUT2D eigenvalue weighted by Crippen LogP contribution is 2.18. The van der Waals surface area contributed by atoms with Gasteiger partial charge in [-0.1, -0.05) is 11.6 Å². The zero-order valence-corrected chi connectivity index (χ0v) is 10.00. The number of nitrogens with zero attached hydrogens (tertiary/aromatic N) is 2. The Kier molecular flexibility index (Phi) is 3.51. The maximum Gasteiger partial charge on any atom is 0.359 e. The Balaban J connectivity index is 3.04. The fourth-order valence-electron chi connectivity index (χ4n) is 0.974. The standard InChI is InChI=1S/C11H11ClN2O2/c1-11(2,3)16-10(15)9-8(12)5-4-7(6-13)14-9/h4-5H,1-3H3. The van der Waals surface area contributed by atoms with Crippen LogP contribution in [0.5, 0.6) is 0 Å². The molecule has 1 rings (SSSR count). The van der Waals surface area contributed by atoms with Gasteiger partial charge < -0.3 is 4.74 Å². The molecular formula is C11H11ClN2O2. The second-order valence-electron chi connectivity index (χ2n) is 4.14. The van der Waals surface area contributed by atoms with Crippen LogP contribution in [0, 0.1) is 11.3 Å². The van der Waals surface area contributed by atoms with Crippen LogP contribution >= 0.6 is 11.6 Å². The van der Waals surface area contributed by atoms with E-state index in [1.807, 2.05) is 6.07 Å². The van der Waals surface area contributed by atoms with Crippen LogP contribution in [0.4, 0.5) is 0 Å². The molecule has 1 heterocycles. The van der Waals surface area contributed by atoms with Crippen LogP contribution in [0.3, 0.4) is 0 Å². The molecule has 0 spiro atoms. The summed E-state index contributed by atoms with van der Waals surface area (Å²) in [5, 5.41) is 8.83. The van der Waals surface area contributed by atoms with Gasteiger partial charge in [0.1, 0.15) is 17.4 Å². The third-order valence-electron chi connectivity index (χ3n) is 1.55. The number of nitriles is 1. The van der Waals surface area contributed by atoms with E-state index in [4.69, 9.17) is 21.6 Å². The van der Waals surface area contributed by atoms with Crippen molar-refractivity contribution < 1.29 is 9.53 Å². The Morgan fingerprint density at radius 3 is 2.62 bits per heavy atom. The van der Waals surface area contributed by atoms with Crippen LogP contribution in [0.25, 0.3) is 0 Å². The van der Waals surface area contributed by atoms with E-state index in [2.05, 4.69) is 4.98 Å². The van der Waals surface area contributed by atoms with Gasteiger partial charge in [-0.25, -0.2) is 9.78 Å². The molecule has 0 N–H and O–H groups in total. The minimum atomic E-state index is -0.630. The van der Waals surface area contributed by atoms with E-state index in [1.165, 1.54) is 12.1 Å². The van der Waals surface area contributed by atoms with Crippen molar-refractivity contribution in [1.82, 2.24) is 4.98 Å². The van der Waals surface area contributed by atoms with Gasteiger partial charge >= 0.3 is 5.97 Å². The molecule has 5 heteroatoms. The monoisotopic (exact) mass is 238 g/mol. The van der Waals surface area contributed by atoms with Crippen molar-refractivity contribution in [2.75, 3.05) is 0 Å². The molecule has 84 valence electrons. The van der Waals surface area contributed by atoms with Crippen molar-refractivity contribution in [3.63, 3.8) is 0 Å². The SMILES string of the molecule is CC(C)(C)OC(=O)c1nc(C#N)ccc1Cl. The predicted octanol–water partition coefficient (Wildman–Crippen LogP) is 2.56. The molecule has 0 unspecified atom stereocenters. The van der Waals surface area contributed by atoms with Crippen molar-refractivity contribution >= 4 is 17.6 Å². The average molecular weight is 239 g/mol. The zero-order chi connectivity index (χ0) is 12.3. The number of rotatable bonds is 1. The Bertz CT molecular complexity index is 458. The number of halogens is 1. The molecule has 4 nitrogen and oxygen atoms in total. The molecule has 1 aromatic heterocycles. The van der Waals surface area contributed by atoms with Crippen molar-refractivity contribution in [3.8, 4) is 6.07 Å². The number of esters is 1. The maximum absolute atomic E-state index is 11.7. The first kappa shape index (κ1) is 12.5. The lowest BCUT2D eigenvalue weighted by Crippen LogP contribution is -2.24. The van der Waals surface area contributed by atoms with Gasteiger partial charge in [-0.2, -0.15) is 5.26 Å². The highest BCUT2D eigenvalue weighted by atomic mass is 35.5. The van der Waals surface area contributed by atoms with Crippen LogP contribution in [0.15, 0.2) is 12.1 Å². The molecule has 16 heavy (non-hydrogen) atoms. The summed E-state index contributed by atoms with van der Waals surface area (Å²) in [5.41, 5.74) is -0.522. The third kappa shape index (κ3) is 3.21. The number of ether oxygens (including phenoxy) is 1. The normalized spacial score (nSPS) is 10.7. The molecule has 0 atom stereocenters. The lowest BCUT2D eigenvalue weighted by atomic mass is 10.2. The van der Waals surface area contributed by atoms with Crippen LogP contribution in [-0.2, 0) is 4.74 Å². The molecule has 0 amide bonds. The quantitative estimate of drug-likeness (QED) is 0.706. The molecule has 1 aromatic rings. The number of aromatic nitrogens is 1. The predicted molar refractivity (Wildman–Crippen MR) is 59.1 cm³/mol. The minimum Gasteiger partial charge on any atom is -0.455 e. The van der Waals surface area contributed by atoms with E-state index < -0.39 is 11.6 Å². The van der Waals surface area contributed by atoms with E-state index >= 15 is 0 Å². The van der Waals surface area contributed by atoms with Gasteiger partial charge in [-0.05, 0) is 32.9 Å². The summed E-state index contributed by atoms with van der Waals surface area (Å²) in [7, 11) is 0. The zero-order valence-electron chi connectivity index (χ0n) is 9.24. The van der Waals surface area contributed by atoms with Gasteiger partial charge in [-0.15, -0.1) is 0 Å². The molecule has 0 saturated heterocycles. The molecular weight excluding hydrogens is 228 g/mol. The Morgan fingerprint density at radius 1 is 1.50 bits per heavy atom. The number of pyridine rings is 1. The van der Waals surface area contributed by atoms with Crippen molar-refractivity contribution in [1.29, 1.82) is 5.26 Å². The smallest absolute Gasteiger partial charge is 0.359 e. The minimum absolute atomic E-state index is 0.0318. The van der Waals surface area contributed by atoms with Crippen LogP contribution in [0.2, 0.25) is 5.02 Å². The van der Waals surface area contributed by atoms with Gasteiger partial charge in [0, 0.05) is 0 Å². The third-order valence-corrected chi connectivity index (χ3v) is 1.86. The van der Waals surface area contributed by atoms with E-state index in [0.29, 0.717) is 0 Å². The summed E-state index contributed by atoms with van der Waals surface area (Å²) >= 11 is 5.80. The van der Waals surface area contributed by atoms with Crippen LogP contribution in [0.1, 0.15) is 37.0 Å². The molecule has 0 fully saturated rings. The number of hydrogen-bond acceptors (Lipinski definition) is 4. The second-order valence-corrected chi connectivity index (χ2v) is 4.55. The van der Waals surface area contributed by atoms with Crippen LogP contribution < -0.4 is 0 Å². The molecule has 0 saturated carbocycles. The van der Waals surface area contributed by atoms with Crippen molar-refractivity contribution in [2.24, 2.45) is 0 Å². The highest BCUT2D eigenvalue weighted by molar-refractivity contribution is 6.33. The average Bonchev–Trinajstić information content (AvgIpc) is 2.15. The highest BCUT2D eigenvalue weighted by Gasteiger charge is 2.21. The number of hydrogen-bond donors (Lipinski definition) is 0. The van der Waals surface area contributed by atoms with E-state index in [9.17, 15) is 4.79 Å². The van der Waals surface area contributed by atoms with Crippen LogP contribution in [-0.4, -0.2) is 16.6 Å². The summed E-state index contributed by atoms with van der Waals surface area (Å²) in [5.74, 6) is -0.630. The summed E-state index contributed by atoms with van der Waals surface area (Å²) in [4.78, 5) is 15.5. The Hall–Kier alpha value is -1.60. The Morgan fingerprint density at radius 2 is 2.12 bits per heavy atom. The number of carbonyl (C=O) groups excluding carboxylic acids is 1. The molecule has 0 radical (unpaired) electrons. The first-order valence-electron chi connectivity index (χ1n) is 4.63.